The van der Waals surface area contributed by atoms with Gasteiger partial charge in [0.1, 0.15) is 0 Å². The Morgan fingerprint density at radius 2 is 1.93 bits per heavy atom. The fourth-order valence-corrected chi connectivity index (χ4v) is 0.551. The van der Waals surface area contributed by atoms with Gasteiger partial charge in [0.15, 0.2) is 6.61 Å². The zero-order valence-corrected chi connectivity index (χ0v) is 8.12. The van der Waals surface area contributed by atoms with E-state index in [2.05, 4.69) is 14.2 Å². The summed E-state index contributed by atoms with van der Waals surface area (Å²) in [5.41, 5.74) is 0. The van der Waals surface area contributed by atoms with Gasteiger partial charge in [-0.05, 0) is 6.92 Å². The quantitative estimate of drug-likeness (QED) is 0.639. The van der Waals surface area contributed by atoms with Crippen LogP contribution in [0.25, 0.3) is 0 Å². The third-order valence-corrected chi connectivity index (χ3v) is 1.15. The molecule has 0 aromatic carbocycles. The van der Waals surface area contributed by atoms with Crippen molar-refractivity contribution in [2.24, 2.45) is 0 Å². The number of hydrogen-bond acceptors (Lipinski definition) is 5. The van der Waals surface area contributed by atoms with Gasteiger partial charge in [0.25, 0.3) is 6.36 Å². The van der Waals surface area contributed by atoms with Crippen LogP contribution in [-0.2, 0) is 19.0 Å². The highest BCUT2D eigenvalue weighted by Gasteiger charge is 2.15. The monoisotopic (exact) mass is 208 g/mol. The predicted molar refractivity (Wildman–Crippen MR) is 44.3 cm³/mol. The van der Waals surface area contributed by atoms with Crippen molar-refractivity contribution < 1.29 is 28.2 Å². The lowest BCUT2D eigenvalue weighted by atomic mass is 10.5. The van der Waals surface area contributed by atoms with Crippen LogP contribution in [0.15, 0.2) is 0 Å². The van der Waals surface area contributed by atoms with Crippen LogP contribution >= 0.6 is 0 Å². The Hall–Kier alpha value is -1.33. The molecule has 0 saturated heterocycles. The fraction of sp³-hybridized carbons (Fsp3) is 0.750. The molecule has 5 nitrogen and oxygen atoms in total. The second kappa shape index (κ2) is 7.11. The standard InChI is InChI=1S/C8H13FO5/c1-3-7(10)13-5-6(9)14-8(11)12-4-2/h6H,3-5H2,1-2H3. The maximum atomic E-state index is 12.7. The molecule has 82 valence electrons. The molecule has 0 aromatic heterocycles. The highest BCUT2D eigenvalue weighted by atomic mass is 19.1. The van der Waals surface area contributed by atoms with E-state index >= 15 is 0 Å². The van der Waals surface area contributed by atoms with Crippen molar-refractivity contribution >= 4 is 12.1 Å². The molecule has 0 heterocycles. The summed E-state index contributed by atoms with van der Waals surface area (Å²) in [6.45, 7) is 2.62. The van der Waals surface area contributed by atoms with E-state index in [1.54, 1.807) is 13.8 Å². The van der Waals surface area contributed by atoms with Gasteiger partial charge in [-0.15, -0.1) is 0 Å². The second-order valence-electron chi connectivity index (χ2n) is 2.25. The van der Waals surface area contributed by atoms with Crippen LogP contribution in [0.1, 0.15) is 20.3 Å². The third-order valence-electron chi connectivity index (χ3n) is 1.15. The van der Waals surface area contributed by atoms with Gasteiger partial charge in [-0.3, -0.25) is 4.79 Å². The molecule has 0 spiro atoms. The first-order chi connectivity index (χ1) is 6.60. The molecule has 0 aliphatic heterocycles. The van der Waals surface area contributed by atoms with Crippen LogP contribution in [0, 0.1) is 0 Å². The summed E-state index contributed by atoms with van der Waals surface area (Å²) in [4.78, 5) is 21.1. The van der Waals surface area contributed by atoms with Crippen molar-refractivity contribution in [2.75, 3.05) is 13.2 Å². The Balaban J connectivity index is 3.59. The minimum Gasteiger partial charge on any atom is -0.459 e. The molecule has 0 N–H and O–H groups in total. The minimum atomic E-state index is -1.98. The summed E-state index contributed by atoms with van der Waals surface area (Å²) < 4.78 is 25.4. The zero-order valence-electron chi connectivity index (χ0n) is 8.12. The van der Waals surface area contributed by atoms with Crippen molar-refractivity contribution in [3.63, 3.8) is 0 Å². The molecule has 6 heteroatoms. The van der Waals surface area contributed by atoms with Gasteiger partial charge >= 0.3 is 12.1 Å². The Bertz CT molecular complexity index is 194. The highest BCUT2D eigenvalue weighted by Crippen LogP contribution is 1.99. The molecule has 1 atom stereocenters. The highest BCUT2D eigenvalue weighted by molar-refractivity contribution is 5.68. The van der Waals surface area contributed by atoms with Crippen LogP contribution in [-0.4, -0.2) is 31.7 Å². The van der Waals surface area contributed by atoms with Crippen molar-refractivity contribution in [1.82, 2.24) is 0 Å². The maximum absolute atomic E-state index is 12.7. The number of halogens is 1. The molecule has 0 aliphatic carbocycles. The molecule has 14 heavy (non-hydrogen) atoms. The lowest BCUT2D eigenvalue weighted by molar-refractivity contribution is -0.151. The van der Waals surface area contributed by atoms with Crippen LogP contribution in [0.4, 0.5) is 9.18 Å². The average Bonchev–Trinajstić information content (AvgIpc) is 2.14. The number of carbonyl (C=O) groups is 2. The van der Waals surface area contributed by atoms with Gasteiger partial charge < -0.3 is 14.2 Å². The third kappa shape index (κ3) is 6.22. The molecule has 0 amide bonds. The number of rotatable bonds is 5. The predicted octanol–water partition coefficient (Wildman–Crippen LogP) is 1.41. The fourth-order valence-electron chi connectivity index (χ4n) is 0.551. The summed E-state index contributed by atoms with van der Waals surface area (Å²) >= 11 is 0. The largest absolute Gasteiger partial charge is 0.510 e. The minimum absolute atomic E-state index is 0.0975. The molecular formula is C8H13FO5. The molecule has 0 rings (SSSR count). The van der Waals surface area contributed by atoms with Crippen LogP contribution < -0.4 is 0 Å². The van der Waals surface area contributed by atoms with E-state index in [0.29, 0.717) is 0 Å². The molecule has 0 aromatic rings. The van der Waals surface area contributed by atoms with Gasteiger partial charge in [0.05, 0.1) is 6.61 Å². The molecule has 0 saturated carbocycles. The topological polar surface area (TPSA) is 61.8 Å². The second-order valence-corrected chi connectivity index (χ2v) is 2.25. The summed E-state index contributed by atoms with van der Waals surface area (Å²) in [5.74, 6) is -0.555. The normalized spacial score (nSPS) is 11.6. The van der Waals surface area contributed by atoms with E-state index in [9.17, 15) is 14.0 Å². The number of alkyl halides is 1. The molecule has 0 aliphatic rings. The van der Waals surface area contributed by atoms with Gasteiger partial charge in [0, 0.05) is 6.42 Å². The summed E-state index contributed by atoms with van der Waals surface area (Å²) in [6.07, 6.45) is -2.95. The van der Waals surface area contributed by atoms with E-state index in [1.165, 1.54) is 0 Å². The zero-order chi connectivity index (χ0) is 11.0. The van der Waals surface area contributed by atoms with E-state index < -0.39 is 25.1 Å². The Labute approximate surface area is 81.1 Å². The number of ether oxygens (including phenoxy) is 3. The number of carbonyl (C=O) groups excluding carboxylic acids is 2. The van der Waals surface area contributed by atoms with E-state index in [1.807, 2.05) is 0 Å². The molecule has 0 fully saturated rings. The summed E-state index contributed by atoms with van der Waals surface area (Å²) in [6, 6.07) is 0. The Morgan fingerprint density at radius 1 is 1.29 bits per heavy atom. The molecule has 0 radical (unpaired) electrons. The average molecular weight is 208 g/mol. The molecule has 1 unspecified atom stereocenters. The van der Waals surface area contributed by atoms with Gasteiger partial charge in [-0.2, -0.15) is 4.39 Å². The van der Waals surface area contributed by atoms with Crippen LogP contribution in [0.2, 0.25) is 0 Å². The number of hydrogen-bond donors (Lipinski definition) is 0. The SMILES string of the molecule is CCOC(=O)OC(F)COC(=O)CC. The van der Waals surface area contributed by atoms with Crippen LogP contribution in [0.3, 0.4) is 0 Å². The lowest BCUT2D eigenvalue weighted by Crippen LogP contribution is -2.21. The smallest absolute Gasteiger partial charge is 0.459 e. The van der Waals surface area contributed by atoms with Crippen molar-refractivity contribution in [2.45, 2.75) is 26.6 Å². The first-order valence-corrected chi connectivity index (χ1v) is 4.23. The van der Waals surface area contributed by atoms with Gasteiger partial charge in [-0.25, -0.2) is 4.79 Å². The molecule has 0 bridgehead atoms. The molecular weight excluding hydrogens is 195 g/mol. The van der Waals surface area contributed by atoms with E-state index in [-0.39, 0.29) is 13.0 Å². The van der Waals surface area contributed by atoms with E-state index in [0.717, 1.165) is 0 Å². The van der Waals surface area contributed by atoms with Crippen molar-refractivity contribution in [3.05, 3.63) is 0 Å². The Morgan fingerprint density at radius 3 is 2.43 bits per heavy atom. The van der Waals surface area contributed by atoms with Gasteiger partial charge in [0.2, 0.25) is 0 Å². The summed E-state index contributed by atoms with van der Waals surface area (Å²) in [7, 11) is 0. The van der Waals surface area contributed by atoms with Gasteiger partial charge in [-0.1, -0.05) is 6.92 Å². The first kappa shape index (κ1) is 12.7. The van der Waals surface area contributed by atoms with Crippen LogP contribution in [0.5, 0.6) is 0 Å². The number of esters is 1. The summed E-state index contributed by atoms with van der Waals surface area (Å²) in [5, 5.41) is 0. The maximum Gasteiger partial charge on any atom is 0.510 e. The Kier molecular flexibility index (Phi) is 6.43. The van der Waals surface area contributed by atoms with Crippen molar-refractivity contribution in [3.8, 4) is 0 Å². The lowest BCUT2D eigenvalue weighted by Gasteiger charge is -2.09. The van der Waals surface area contributed by atoms with E-state index in [4.69, 9.17) is 0 Å². The van der Waals surface area contributed by atoms with Crippen molar-refractivity contribution in [1.29, 1.82) is 0 Å². The first-order valence-electron chi connectivity index (χ1n) is 4.23.